The number of benzene rings is 2. The molecule has 2 N–H and O–H groups in total. The average Bonchev–Trinajstić information content (AvgIpc) is 3.79. The highest BCUT2D eigenvalue weighted by Crippen LogP contribution is 2.53. The number of amides is 3. The van der Waals surface area contributed by atoms with Crippen LogP contribution < -0.4 is 10.1 Å². The number of aliphatic hydroxyl groups is 1. The molecule has 2 aliphatic heterocycles. The molecule has 0 aromatic heterocycles. The molecule has 2 aromatic rings. The van der Waals surface area contributed by atoms with Crippen molar-refractivity contribution in [2.24, 2.45) is 5.41 Å². The Morgan fingerprint density at radius 3 is 2.47 bits per heavy atom. The number of nitrogens with zero attached hydrogens (tertiary/aromatic N) is 3. The van der Waals surface area contributed by atoms with E-state index in [0.29, 0.717) is 53.1 Å². The van der Waals surface area contributed by atoms with E-state index < -0.39 is 24.1 Å². The average molecular weight is 634 g/mol. The largest absolute Gasteiger partial charge is 0.497 e. The zero-order valence-corrected chi connectivity index (χ0v) is 25.9. The molecule has 43 heavy (non-hydrogen) atoms. The quantitative estimate of drug-likeness (QED) is 0.391. The van der Waals surface area contributed by atoms with E-state index in [1.54, 1.807) is 61.4 Å². The lowest BCUT2D eigenvalue weighted by molar-refractivity contribution is -0.143. The second-order valence-electron chi connectivity index (χ2n) is 11.7. The highest BCUT2D eigenvalue weighted by Gasteiger charge is 2.51. The Morgan fingerprint density at radius 1 is 1.07 bits per heavy atom. The monoisotopic (exact) mass is 632 g/mol. The van der Waals surface area contributed by atoms with Crippen molar-refractivity contribution in [2.75, 3.05) is 51.8 Å². The normalized spacial score (nSPS) is 22.3. The molecule has 2 saturated heterocycles. The molecule has 3 atom stereocenters. The third-order valence-electron chi connectivity index (χ3n) is 9.03. The fourth-order valence-corrected chi connectivity index (χ4v) is 6.27. The van der Waals surface area contributed by atoms with Crippen LogP contribution in [0.2, 0.25) is 10.0 Å². The fourth-order valence-electron chi connectivity index (χ4n) is 5.97. The summed E-state index contributed by atoms with van der Waals surface area (Å²) < 4.78 is 10.9. The zero-order chi connectivity index (χ0) is 30.7. The third kappa shape index (κ3) is 7.20. The van der Waals surface area contributed by atoms with E-state index in [4.69, 9.17) is 32.7 Å². The van der Waals surface area contributed by atoms with Crippen molar-refractivity contribution in [1.29, 1.82) is 0 Å². The Hall–Kier alpha value is -3.05. The molecule has 0 bridgehead atoms. The second kappa shape index (κ2) is 13.3. The highest BCUT2D eigenvalue weighted by atomic mass is 35.5. The van der Waals surface area contributed by atoms with Gasteiger partial charge in [0, 0.05) is 31.9 Å². The van der Waals surface area contributed by atoms with Crippen molar-refractivity contribution in [3.8, 4) is 5.75 Å². The summed E-state index contributed by atoms with van der Waals surface area (Å²) in [6.45, 7) is 4.44. The van der Waals surface area contributed by atoms with Crippen LogP contribution in [0.4, 0.5) is 10.5 Å². The summed E-state index contributed by atoms with van der Waals surface area (Å²) in [6, 6.07) is 9.90. The number of hydrogen-bond donors (Lipinski definition) is 2. The summed E-state index contributed by atoms with van der Waals surface area (Å²) in [4.78, 5) is 45.1. The van der Waals surface area contributed by atoms with E-state index >= 15 is 0 Å². The van der Waals surface area contributed by atoms with Gasteiger partial charge in [-0.2, -0.15) is 0 Å². The molecule has 1 aliphatic carbocycles. The van der Waals surface area contributed by atoms with Crippen molar-refractivity contribution in [1.82, 2.24) is 14.7 Å². The highest BCUT2D eigenvalue weighted by molar-refractivity contribution is 6.42. The third-order valence-corrected chi connectivity index (χ3v) is 9.77. The first kappa shape index (κ1) is 31.4. The minimum absolute atomic E-state index is 0.0130. The minimum Gasteiger partial charge on any atom is -0.497 e. The van der Waals surface area contributed by atoms with Gasteiger partial charge in [0.05, 0.1) is 34.9 Å². The Kier molecular flexibility index (Phi) is 9.70. The molecule has 0 radical (unpaired) electrons. The van der Waals surface area contributed by atoms with Gasteiger partial charge in [-0.25, -0.2) is 9.59 Å². The number of hydrogen-bond acceptors (Lipinski definition) is 7. The van der Waals surface area contributed by atoms with Crippen LogP contribution in [0.5, 0.6) is 5.75 Å². The fraction of sp³-hybridized carbons (Fsp3) is 0.516. The molecule has 1 spiro atoms. The van der Waals surface area contributed by atoms with Crippen molar-refractivity contribution >= 4 is 46.8 Å². The number of esters is 1. The predicted octanol–water partition coefficient (Wildman–Crippen LogP) is 4.53. The number of methoxy groups -OCH3 is 1. The lowest BCUT2D eigenvalue weighted by atomic mass is 9.90. The maximum atomic E-state index is 13.7. The van der Waals surface area contributed by atoms with Gasteiger partial charge in [0.1, 0.15) is 18.4 Å². The van der Waals surface area contributed by atoms with Gasteiger partial charge in [0.15, 0.2) is 0 Å². The number of rotatable bonds is 9. The van der Waals surface area contributed by atoms with E-state index in [1.165, 1.54) is 4.90 Å². The van der Waals surface area contributed by atoms with Gasteiger partial charge in [-0.3, -0.25) is 4.79 Å². The number of nitrogens with one attached hydrogen (secondary N) is 1. The summed E-state index contributed by atoms with van der Waals surface area (Å²) in [6.07, 6.45) is 3.35. The number of likely N-dealkylation sites (tertiary alicyclic amines) is 1. The van der Waals surface area contributed by atoms with Crippen molar-refractivity contribution in [2.45, 2.75) is 50.8 Å². The number of carbonyl (C=O) groups is 3. The summed E-state index contributed by atoms with van der Waals surface area (Å²) in [5.74, 6) is -0.0831. The van der Waals surface area contributed by atoms with E-state index in [-0.39, 0.29) is 30.6 Å². The van der Waals surface area contributed by atoms with Crippen LogP contribution in [0.3, 0.4) is 0 Å². The van der Waals surface area contributed by atoms with E-state index in [2.05, 4.69) is 10.2 Å². The molecule has 232 valence electrons. The van der Waals surface area contributed by atoms with Crippen LogP contribution in [0.25, 0.3) is 0 Å². The van der Waals surface area contributed by atoms with Crippen molar-refractivity contribution < 1.29 is 29.0 Å². The van der Waals surface area contributed by atoms with Crippen LogP contribution in [-0.4, -0.2) is 102 Å². The molecule has 3 amide bonds. The van der Waals surface area contributed by atoms with Gasteiger partial charge < -0.3 is 34.6 Å². The van der Waals surface area contributed by atoms with Crippen LogP contribution >= 0.6 is 23.2 Å². The topological polar surface area (TPSA) is 112 Å². The van der Waals surface area contributed by atoms with Crippen molar-refractivity contribution in [3.05, 3.63) is 58.1 Å². The first-order valence-electron chi connectivity index (χ1n) is 14.6. The SMILES string of the molecule is COc1ccc(C(=O)OCC(CCN2CCC3(CC3)C(O)C2)N2CCN(C(=O)Nc3ccc(Cl)c(Cl)c3)C(C)C2=O)cc1. The predicted molar refractivity (Wildman–Crippen MR) is 164 cm³/mol. The summed E-state index contributed by atoms with van der Waals surface area (Å²) >= 11 is 12.1. The van der Waals surface area contributed by atoms with Gasteiger partial charge >= 0.3 is 12.0 Å². The van der Waals surface area contributed by atoms with Gasteiger partial charge in [-0.15, -0.1) is 0 Å². The number of urea groups is 1. The lowest BCUT2D eigenvalue weighted by Gasteiger charge is -2.43. The molecule has 3 unspecified atom stereocenters. The summed E-state index contributed by atoms with van der Waals surface area (Å²) in [5, 5.41) is 14.2. The number of β-amino-alcohol motifs (C(OH)–C–C–N with tert-alkyl or cyclic N) is 1. The van der Waals surface area contributed by atoms with Crippen LogP contribution in [0, 0.1) is 5.41 Å². The molecule has 2 heterocycles. The molecule has 2 aromatic carbocycles. The molecule has 12 heteroatoms. The van der Waals surface area contributed by atoms with Gasteiger partial charge in [-0.1, -0.05) is 23.2 Å². The van der Waals surface area contributed by atoms with Crippen LogP contribution in [0.1, 0.15) is 43.0 Å². The summed E-state index contributed by atoms with van der Waals surface area (Å²) in [7, 11) is 1.55. The number of aliphatic hydroxyl groups excluding tert-OH is 1. The molecule has 10 nitrogen and oxygen atoms in total. The number of halogens is 2. The minimum atomic E-state index is -0.733. The maximum absolute atomic E-state index is 13.7. The maximum Gasteiger partial charge on any atom is 0.338 e. The van der Waals surface area contributed by atoms with E-state index in [0.717, 1.165) is 25.8 Å². The van der Waals surface area contributed by atoms with E-state index in [1.807, 2.05) is 0 Å². The number of carbonyl (C=O) groups excluding carboxylic acids is 3. The van der Waals surface area contributed by atoms with E-state index in [9.17, 15) is 19.5 Å². The summed E-state index contributed by atoms with van der Waals surface area (Å²) in [5.41, 5.74) is 0.960. The molecular formula is C31H38Cl2N4O6. The Balaban J connectivity index is 1.24. The number of piperidine rings is 1. The standard InChI is InChI=1S/C31H38Cl2N4O6/c1-20-28(39)37(16-15-36(20)30(41)34-22-5-8-25(32)26(33)17-22)23(9-13-35-14-12-31(10-11-31)27(38)18-35)19-43-29(40)21-3-6-24(42-2)7-4-21/h3-8,17,20,23,27,38H,9-16,18-19H2,1-2H3,(H,34,41). The number of anilines is 1. The van der Waals surface area contributed by atoms with Crippen molar-refractivity contribution in [3.63, 3.8) is 0 Å². The first-order chi connectivity index (χ1) is 20.6. The van der Waals surface area contributed by atoms with Crippen LogP contribution in [0.15, 0.2) is 42.5 Å². The molecular weight excluding hydrogens is 595 g/mol. The molecule has 3 fully saturated rings. The zero-order valence-electron chi connectivity index (χ0n) is 24.4. The van der Waals surface area contributed by atoms with Gasteiger partial charge in [0.2, 0.25) is 5.91 Å². The van der Waals surface area contributed by atoms with Gasteiger partial charge in [-0.05, 0) is 87.0 Å². The second-order valence-corrected chi connectivity index (χ2v) is 12.5. The Bertz CT molecular complexity index is 1340. The lowest BCUT2D eigenvalue weighted by Crippen LogP contribution is -2.61. The smallest absolute Gasteiger partial charge is 0.338 e. The molecule has 3 aliphatic rings. The molecule has 1 saturated carbocycles. The number of piperazine rings is 1. The van der Waals surface area contributed by atoms with Crippen LogP contribution in [-0.2, 0) is 9.53 Å². The number of ether oxygens (including phenoxy) is 2. The Morgan fingerprint density at radius 2 is 1.81 bits per heavy atom. The molecule has 5 rings (SSSR count). The van der Waals surface area contributed by atoms with Gasteiger partial charge in [0.25, 0.3) is 0 Å². The Labute approximate surface area is 261 Å². The first-order valence-corrected chi connectivity index (χ1v) is 15.4.